The second-order valence-corrected chi connectivity index (χ2v) is 9.56. The minimum atomic E-state index is -0.216. The number of halogens is 1. The zero-order valence-electron chi connectivity index (χ0n) is 18.4. The lowest BCUT2D eigenvalue weighted by Crippen LogP contribution is -2.30. The van der Waals surface area contributed by atoms with Crippen LogP contribution in [-0.4, -0.2) is 18.5 Å². The Balaban J connectivity index is 1.41. The Morgan fingerprint density at radius 1 is 1.03 bits per heavy atom. The average molecular weight is 525 g/mol. The Morgan fingerprint density at radius 3 is 2.45 bits per heavy atom. The Bertz CT molecular complexity index is 1150. The largest absolute Gasteiger partial charge is 0.493 e. The maximum atomic E-state index is 12.5. The summed E-state index contributed by atoms with van der Waals surface area (Å²) in [5, 5.41) is 6.32. The number of benzene rings is 3. The maximum absolute atomic E-state index is 12.5. The van der Waals surface area contributed by atoms with Crippen molar-refractivity contribution in [1.82, 2.24) is 5.32 Å². The molecule has 0 radical (unpaired) electrons. The molecule has 0 aliphatic carbocycles. The van der Waals surface area contributed by atoms with E-state index in [2.05, 4.69) is 45.6 Å². The van der Waals surface area contributed by atoms with E-state index in [0.29, 0.717) is 23.0 Å². The topological polar surface area (TPSA) is 59.6 Å². The lowest BCUT2D eigenvalue weighted by atomic mass is 10.1. The number of amides is 1. The summed E-state index contributed by atoms with van der Waals surface area (Å²) in [6, 6.07) is 21.9. The standard InChI is InChI=1S/C26H25BrN2O3S/c1-3-17-6-11-21(12-7-17)28-26-29-25(30)24(33-26)15-19-8-13-22(23(14-19)31-2)32-16-18-4-9-20(27)10-5-18/h4-15,26,28H,3,16H2,1-2H3,(H,29,30)/b24-15-/t26-/m0/s1. The number of hydrogen-bond acceptors (Lipinski definition) is 5. The first-order valence-electron chi connectivity index (χ1n) is 10.6. The van der Waals surface area contributed by atoms with E-state index in [-0.39, 0.29) is 11.4 Å². The molecule has 0 bridgehead atoms. The zero-order valence-corrected chi connectivity index (χ0v) is 20.8. The van der Waals surface area contributed by atoms with Crippen LogP contribution in [0.25, 0.3) is 6.08 Å². The molecular weight excluding hydrogens is 500 g/mol. The van der Waals surface area contributed by atoms with Gasteiger partial charge in [-0.1, -0.05) is 64.9 Å². The monoisotopic (exact) mass is 524 g/mol. The van der Waals surface area contributed by atoms with Gasteiger partial charge in [-0.2, -0.15) is 0 Å². The molecule has 1 aliphatic heterocycles. The molecule has 1 saturated heterocycles. The van der Waals surface area contributed by atoms with Crippen molar-refractivity contribution < 1.29 is 14.3 Å². The first-order chi connectivity index (χ1) is 16.0. The molecule has 7 heteroatoms. The van der Waals surface area contributed by atoms with E-state index >= 15 is 0 Å². The summed E-state index contributed by atoms with van der Waals surface area (Å²) in [6.45, 7) is 2.57. The van der Waals surface area contributed by atoms with Gasteiger partial charge in [0, 0.05) is 10.2 Å². The van der Waals surface area contributed by atoms with E-state index in [1.54, 1.807) is 7.11 Å². The highest BCUT2D eigenvalue weighted by atomic mass is 79.9. The molecule has 3 aromatic rings. The van der Waals surface area contributed by atoms with Crippen LogP contribution in [0.1, 0.15) is 23.6 Å². The smallest absolute Gasteiger partial charge is 0.260 e. The molecule has 1 amide bonds. The number of carbonyl (C=O) groups is 1. The normalized spacial score (nSPS) is 16.5. The minimum Gasteiger partial charge on any atom is -0.493 e. The fourth-order valence-electron chi connectivity index (χ4n) is 3.34. The van der Waals surface area contributed by atoms with E-state index in [4.69, 9.17) is 9.47 Å². The van der Waals surface area contributed by atoms with Crippen LogP contribution < -0.4 is 20.1 Å². The Morgan fingerprint density at radius 2 is 1.76 bits per heavy atom. The summed E-state index contributed by atoms with van der Waals surface area (Å²) in [5.41, 5.74) is 3.97. The Kier molecular flexibility index (Phi) is 7.62. The van der Waals surface area contributed by atoms with E-state index in [0.717, 1.165) is 27.7 Å². The molecular formula is C26H25BrN2O3S. The number of thioether (sulfide) groups is 1. The fourth-order valence-corrected chi connectivity index (χ4v) is 4.59. The molecule has 0 saturated carbocycles. The van der Waals surface area contributed by atoms with Gasteiger partial charge in [0.25, 0.3) is 5.91 Å². The fraction of sp³-hybridized carbons (Fsp3) is 0.192. The third kappa shape index (κ3) is 6.12. The van der Waals surface area contributed by atoms with E-state index < -0.39 is 0 Å². The van der Waals surface area contributed by atoms with Crippen LogP contribution in [0.4, 0.5) is 5.69 Å². The van der Waals surface area contributed by atoms with Crippen LogP contribution in [0, 0.1) is 0 Å². The van der Waals surface area contributed by atoms with Crippen molar-refractivity contribution in [3.8, 4) is 11.5 Å². The Labute approximate surface area is 206 Å². The number of nitrogens with one attached hydrogen (secondary N) is 2. The Hall–Kier alpha value is -2.90. The number of aryl methyl sites for hydroxylation is 1. The highest BCUT2D eigenvalue weighted by Crippen LogP contribution is 2.33. The quantitative estimate of drug-likeness (QED) is 0.343. The second-order valence-electron chi connectivity index (χ2n) is 7.50. The van der Waals surface area contributed by atoms with Gasteiger partial charge in [0.15, 0.2) is 17.0 Å². The van der Waals surface area contributed by atoms with E-state index in [1.807, 2.05) is 60.7 Å². The van der Waals surface area contributed by atoms with Crippen molar-refractivity contribution in [2.75, 3.05) is 12.4 Å². The lowest BCUT2D eigenvalue weighted by molar-refractivity contribution is -0.116. The second kappa shape index (κ2) is 10.8. The van der Waals surface area contributed by atoms with Crippen molar-refractivity contribution in [1.29, 1.82) is 0 Å². The molecule has 4 rings (SSSR count). The van der Waals surface area contributed by atoms with Gasteiger partial charge in [-0.05, 0) is 65.6 Å². The molecule has 3 aromatic carbocycles. The molecule has 170 valence electrons. The molecule has 1 heterocycles. The van der Waals surface area contributed by atoms with Crippen LogP contribution in [0.3, 0.4) is 0 Å². The highest BCUT2D eigenvalue weighted by molar-refractivity contribution is 9.10. The molecule has 1 aliphatic rings. The van der Waals surface area contributed by atoms with Crippen LogP contribution in [0.15, 0.2) is 76.1 Å². The van der Waals surface area contributed by atoms with Crippen molar-refractivity contribution in [3.63, 3.8) is 0 Å². The molecule has 1 fully saturated rings. The van der Waals surface area contributed by atoms with Crippen LogP contribution >= 0.6 is 27.7 Å². The molecule has 2 N–H and O–H groups in total. The molecule has 33 heavy (non-hydrogen) atoms. The summed E-state index contributed by atoms with van der Waals surface area (Å²) >= 11 is 4.90. The summed E-state index contributed by atoms with van der Waals surface area (Å²) < 4.78 is 12.5. The highest BCUT2D eigenvalue weighted by Gasteiger charge is 2.27. The summed E-state index contributed by atoms with van der Waals surface area (Å²) in [4.78, 5) is 13.1. The lowest BCUT2D eigenvalue weighted by Gasteiger charge is -2.13. The first-order valence-corrected chi connectivity index (χ1v) is 12.3. The van der Waals surface area contributed by atoms with Crippen LogP contribution in [0.2, 0.25) is 0 Å². The van der Waals surface area contributed by atoms with Gasteiger partial charge in [0.1, 0.15) is 6.61 Å². The van der Waals surface area contributed by atoms with Crippen molar-refractivity contribution in [2.45, 2.75) is 25.4 Å². The maximum Gasteiger partial charge on any atom is 0.260 e. The van der Waals surface area contributed by atoms with Crippen molar-refractivity contribution in [3.05, 3.63) is 92.8 Å². The summed E-state index contributed by atoms with van der Waals surface area (Å²) in [7, 11) is 1.61. The van der Waals surface area contributed by atoms with Gasteiger partial charge in [0.05, 0.1) is 12.0 Å². The third-order valence-corrected chi connectivity index (χ3v) is 6.74. The van der Waals surface area contributed by atoms with E-state index in [9.17, 15) is 4.79 Å². The molecule has 0 unspecified atom stereocenters. The van der Waals surface area contributed by atoms with Crippen LogP contribution in [-0.2, 0) is 17.8 Å². The van der Waals surface area contributed by atoms with Gasteiger partial charge in [-0.3, -0.25) is 4.79 Å². The van der Waals surface area contributed by atoms with Gasteiger partial charge in [0.2, 0.25) is 0 Å². The van der Waals surface area contributed by atoms with Gasteiger partial charge >= 0.3 is 0 Å². The predicted molar refractivity (Wildman–Crippen MR) is 138 cm³/mol. The van der Waals surface area contributed by atoms with Crippen molar-refractivity contribution >= 4 is 45.4 Å². The number of ether oxygens (including phenoxy) is 2. The third-order valence-electron chi connectivity index (χ3n) is 5.18. The number of methoxy groups -OCH3 is 1. The number of hydrogen-bond donors (Lipinski definition) is 2. The number of anilines is 1. The number of rotatable bonds is 8. The van der Waals surface area contributed by atoms with Gasteiger partial charge < -0.3 is 20.1 Å². The number of carbonyl (C=O) groups excluding carboxylic acids is 1. The van der Waals surface area contributed by atoms with Crippen LogP contribution in [0.5, 0.6) is 11.5 Å². The predicted octanol–water partition coefficient (Wildman–Crippen LogP) is 6.20. The summed E-state index contributed by atoms with van der Waals surface area (Å²) in [6.07, 6.45) is 2.86. The molecule has 0 spiro atoms. The first kappa shape index (κ1) is 23.3. The SMILES string of the molecule is CCc1ccc(N[C@H]2NC(=O)/C(=C/c3ccc(OCc4ccc(Br)cc4)c(OC)c3)S2)cc1. The summed E-state index contributed by atoms with van der Waals surface area (Å²) in [5.74, 6) is 1.17. The van der Waals surface area contributed by atoms with Gasteiger partial charge in [-0.15, -0.1) is 0 Å². The van der Waals surface area contributed by atoms with Crippen molar-refractivity contribution in [2.24, 2.45) is 0 Å². The zero-order chi connectivity index (χ0) is 23.2. The van der Waals surface area contributed by atoms with E-state index in [1.165, 1.54) is 17.3 Å². The average Bonchev–Trinajstić information content (AvgIpc) is 3.17. The molecule has 1 atom stereocenters. The molecule has 0 aromatic heterocycles. The molecule has 5 nitrogen and oxygen atoms in total. The minimum absolute atomic E-state index is 0.0998. The van der Waals surface area contributed by atoms with Gasteiger partial charge in [-0.25, -0.2) is 0 Å².